The molecule has 0 spiro atoms. The van der Waals surface area contributed by atoms with Crippen molar-refractivity contribution >= 4 is 35.3 Å². The van der Waals surface area contributed by atoms with E-state index in [4.69, 9.17) is 9.47 Å². The van der Waals surface area contributed by atoms with E-state index in [-0.39, 0.29) is 25.2 Å². The van der Waals surface area contributed by atoms with Gasteiger partial charge in [-0.15, -0.1) is 0 Å². The van der Waals surface area contributed by atoms with E-state index >= 15 is 0 Å². The maximum Gasteiger partial charge on any atom is 0.414 e. The van der Waals surface area contributed by atoms with Gasteiger partial charge in [0.15, 0.2) is 0 Å². The number of ether oxygens (including phenoxy) is 2. The van der Waals surface area contributed by atoms with Gasteiger partial charge in [-0.3, -0.25) is 9.69 Å². The van der Waals surface area contributed by atoms with Gasteiger partial charge < -0.3 is 25.2 Å². The van der Waals surface area contributed by atoms with Crippen LogP contribution in [0.5, 0.6) is 0 Å². The first-order chi connectivity index (χ1) is 21.9. The maximum atomic E-state index is 13.4. The third kappa shape index (κ3) is 8.26. The Morgan fingerprint density at radius 2 is 1.36 bits per heavy atom. The number of fused-ring (bicyclic) bond motifs is 1. The molecule has 4 aromatic rings. The molecule has 10 nitrogen and oxygen atoms in total. The third-order valence-corrected chi connectivity index (χ3v) is 7.36. The maximum absolute atomic E-state index is 13.4. The molecule has 0 saturated carbocycles. The zero-order valence-electron chi connectivity index (χ0n) is 24.4. The lowest BCUT2D eigenvalue weighted by molar-refractivity contribution is -0.148. The molecular formula is C35H33N3O7. The Hall–Kier alpha value is -5.64. The van der Waals surface area contributed by atoms with Gasteiger partial charge in [-0.1, -0.05) is 78.9 Å². The molecule has 1 heterocycles. The molecule has 1 aliphatic heterocycles. The Kier molecular flexibility index (Phi) is 10.1. The smallest absolute Gasteiger partial charge is 0.414 e. The van der Waals surface area contributed by atoms with Crippen molar-refractivity contribution in [2.45, 2.75) is 38.1 Å². The molecule has 0 fully saturated rings. The van der Waals surface area contributed by atoms with Crippen LogP contribution in [0.25, 0.3) is 0 Å². The fourth-order valence-corrected chi connectivity index (χ4v) is 5.01. The fourth-order valence-electron chi connectivity index (χ4n) is 5.01. The first-order valence-electron chi connectivity index (χ1n) is 14.5. The van der Waals surface area contributed by atoms with Crippen molar-refractivity contribution < 1.29 is 33.8 Å². The zero-order chi connectivity index (χ0) is 31.6. The average molecular weight is 608 g/mol. The number of carboxylic acid groups (broad SMARTS) is 1. The summed E-state index contributed by atoms with van der Waals surface area (Å²) in [5.74, 6) is -2.53. The van der Waals surface area contributed by atoms with Crippen molar-refractivity contribution in [3.8, 4) is 0 Å². The van der Waals surface area contributed by atoms with Crippen LogP contribution < -0.4 is 15.5 Å². The predicted octanol–water partition coefficient (Wildman–Crippen LogP) is 5.18. The molecule has 5 rings (SSSR count). The summed E-state index contributed by atoms with van der Waals surface area (Å²) >= 11 is 0. The fraction of sp³-hybridized carbons (Fsp3) is 0.200. The topological polar surface area (TPSA) is 134 Å². The summed E-state index contributed by atoms with van der Waals surface area (Å²) in [6.45, 7) is 0.503. The van der Waals surface area contributed by atoms with Crippen molar-refractivity contribution in [3.05, 3.63) is 131 Å². The van der Waals surface area contributed by atoms with Crippen LogP contribution in [0.1, 0.15) is 33.5 Å². The number of amides is 2. The van der Waals surface area contributed by atoms with Crippen LogP contribution in [0, 0.1) is 0 Å². The second-order valence-electron chi connectivity index (χ2n) is 10.5. The summed E-state index contributed by atoms with van der Waals surface area (Å²) < 4.78 is 11.0. The van der Waals surface area contributed by atoms with E-state index in [2.05, 4.69) is 10.6 Å². The van der Waals surface area contributed by atoms with Gasteiger partial charge >= 0.3 is 18.0 Å². The van der Waals surface area contributed by atoms with Crippen LogP contribution in [0.15, 0.2) is 109 Å². The molecule has 230 valence electrons. The molecule has 45 heavy (non-hydrogen) atoms. The zero-order valence-corrected chi connectivity index (χ0v) is 24.4. The summed E-state index contributed by atoms with van der Waals surface area (Å²) in [6.07, 6.45) is -0.237. The summed E-state index contributed by atoms with van der Waals surface area (Å²) in [6, 6.07) is 29.6. The number of anilines is 2. The van der Waals surface area contributed by atoms with E-state index < -0.39 is 36.0 Å². The molecule has 0 aromatic heterocycles. The minimum absolute atomic E-state index is 0.0368. The monoisotopic (exact) mass is 607 g/mol. The van der Waals surface area contributed by atoms with Crippen LogP contribution in [0.3, 0.4) is 0 Å². The molecule has 0 saturated heterocycles. The summed E-state index contributed by atoms with van der Waals surface area (Å²) in [5, 5.41) is 15.5. The SMILES string of the molecule is O=C(N[C@@H](CC(Nc1ccccc1)C(=O)O)C(=O)OCc1ccccc1)c1ccc2c(c1)CCN2C(=O)OCc1ccccc1. The number of hydrogen-bond donors (Lipinski definition) is 3. The number of hydrogen-bond acceptors (Lipinski definition) is 7. The van der Waals surface area contributed by atoms with Gasteiger partial charge in [0.25, 0.3) is 5.91 Å². The Bertz CT molecular complexity index is 1630. The minimum atomic E-state index is -1.27. The highest BCUT2D eigenvalue weighted by atomic mass is 16.6. The number of aliphatic carboxylic acids is 1. The number of carbonyl (C=O) groups is 4. The number of rotatable bonds is 12. The van der Waals surface area contributed by atoms with Crippen LogP contribution in [-0.4, -0.2) is 47.7 Å². The van der Waals surface area contributed by atoms with Gasteiger partial charge in [-0.25, -0.2) is 14.4 Å². The molecule has 3 N–H and O–H groups in total. The largest absolute Gasteiger partial charge is 0.480 e. The van der Waals surface area contributed by atoms with Gasteiger partial charge in [-0.2, -0.15) is 0 Å². The number of esters is 1. The predicted molar refractivity (Wildman–Crippen MR) is 168 cm³/mol. The molecule has 4 aromatic carbocycles. The van der Waals surface area contributed by atoms with Crippen molar-refractivity contribution in [1.82, 2.24) is 5.32 Å². The lowest BCUT2D eigenvalue weighted by Gasteiger charge is -2.23. The van der Waals surface area contributed by atoms with Crippen molar-refractivity contribution in [1.29, 1.82) is 0 Å². The first kappa shape index (κ1) is 30.8. The Balaban J connectivity index is 1.28. The molecule has 2 atom stereocenters. The molecule has 0 bridgehead atoms. The Labute approximate surface area is 260 Å². The quantitative estimate of drug-likeness (QED) is 0.188. The van der Waals surface area contributed by atoms with E-state index in [1.165, 1.54) is 4.90 Å². The molecule has 1 unspecified atom stereocenters. The Morgan fingerprint density at radius 1 is 0.756 bits per heavy atom. The van der Waals surface area contributed by atoms with E-state index in [0.717, 1.165) is 16.7 Å². The molecule has 0 aliphatic carbocycles. The number of para-hydroxylation sites is 1. The highest BCUT2D eigenvalue weighted by Crippen LogP contribution is 2.30. The molecule has 1 aliphatic rings. The standard InChI is InChI=1S/C35H33N3O7/c39-32(27-16-17-31-26(20-27)18-19-38(31)35(43)45-23-25-12-6-2-7-13-25)37-30(34(42)44-22-24-10-4-1-5-11-24)21-29(33(40)41)36-28-14-8-3-9-15-28/h1-17,20,29-30,36H,18-19,21-23H2,(H,37,39)(H,40,41)/t29?,30-/m0/s1. The van der Waals surface area contributed by atoms with E-state index in [1.807, 2.05) is 48.5 Å². The van der Waals surface area contributed by atoms with Crippen LogP contribution in [-0.2, 0) is 38.7 Å². The minimum Gasteiger partial charge on any atom is -0.480 e. The lowest BCUT2D eigenvalue weighted by Crippen LogP contribution is -2.46. The summed E-state index contributed by atoms with van der Waals surface area (Å²) in [7, 11) is 0. The summed E-state index contributed by atoms with van der Waals surface area (Å²) in [4.78, 5) is 53.2. The lowest BCUT2D eigenvalue weighted by atomic mass is 10.0. The van der Waals surface area contributed by atoms with Crippen LogP contribution in [0.2, 0.25) is 0 Å². The average Bonchev–Trinajstić information content (AvgIpc) is 3.50. The number of nitrogens with zero attached hydrogens (tertiary/aromatic N) is 1. The highest BCUT2D eigenvalue weighted by molar-refractivity contribution is 5.99. The van der Waals surface area contributed by atoms with Gasteiger partial charge in [0, 0.05) is 24.2 Å². The van der Waals surface area contributed by atoms with Gasteiger partial charge in [0.2, 0.25) is 0 Å². The van der Waals surface area contributed by atoms with E-state index in [1.54, 1.807) is 60.7 Å². The number of benzene rings is 4. The molecule has 0 radical (unpaired) electrons. The normalized spacial score (nSPS) is 13.2. The van der Waals surface area contributed by atoms with Crippen molar-refractivity contribution in [2.24, 2.45) is 0 Å². The van der Waals surface area contributed by atoms with Gasteiger partial charge in [0.05, 0.1) is 5.69 Å². The van der Waals surface area contributed by atoms with Crippen LogP contribution >= 0.6 is 0 Å². The number of carbonyl (C=O) groups excluding carboxylic acids is 3. The second-order valence-corrected chi connectivity index (χ2v) is 10.5. The molecule has 2 amide bonds. The van der Waals surface area contributed by atoms with Gasteiger partial charge in [-0.05, 0) is 53.4 Å². The Morgan fingerprint density at radius 3 is 1.98 bits per heavy atom. The highest BCUT2D eigenvalue weighted by Gasteiger charge is 2.31. The van der Waals surface area contributed by atoms with Gasteiger partial charge in [0.1, 0.15) is 25.3 Å². The third-order valence-electron chi connectivity index (χ3n) is 7.36. The van der Waals surface area contributed by atoms with Crippen molar-refractivity contribution in [3.63, 3.8) is 0 Å². The number of nitrogens with one attached hydrogen (secondary N) is 2. The van der Waals surface area contributed by atoms with E-state index in [0.29, 0.717) is 24.3 Å². The first-order valence-corrected chi connectivity index (χ1v) is 14.5. The van der Waals surface area contributed by atoms with E-state index in [9.17, 15) is 24.3 Å². The van der Waals surface area contributed by atoms with Crippen molar-refractivity contribution in [2.75, 3.05) is 16.8 Å². The number of carboxylic acids is 1. The molecule has 10 heteroatoms. The summed E-state index contributed by atoms with van der Waals surface area (Å²) in [5.41, 5.74) is 3.85. The molecular weight excluding hydrogens is 574 g/mol. The van der Waals surface area contributed by atoms with Crippen LogP contribution in [0.4, 0.5) is 16.2 Å². The second kappa shape index (κ2) is 14.7.